The molecule has 7 heteroatoms. The normalized spacial score (nSPS) is 10.2. The maximum absolute atomic E-state index is 12.1. The van der Waals surface area contributed by atoms with Gasteiger partial charge in [0.05, 0.1) is 17.0 Å². The Bertz CT molecular complexity index is 836. The van der Waals surface area contributed by atoms with Crippen LogP contribution in [0.3, 0.4) is 0 Å². The SMILES string of the molecule is Cc1ccc(C(=O)OCC(=O)Nc2ccccc2SCC(N)=O)cc1C. The van der Waals surface area contributed by atoms with Gasteiger partial charge >= 0.3 is 5.97 Å². The van der Waals surface area contributed by atoms with E-state index in [0.29, 0.717) is 16.1 Å². The number of benzene rings is 2. The Balaban J connectivity index is 1.93. The molecule has 0 aliphatic rings. The predicted octanol–water partition coefficient (Wildman–Crippen LogP) is 2.68. The van der Waals surface area contributed by atoms with E-state index in [4.69, 9.17) is 10.5 Å². The van der Waals surface area contributed by atoms with Gasteiger partial charge in [0.15, 0.2) is 6.61 Å². The molecule has 6 nitrogen and oxygen atoms in total. The number of hydrogen-bond donors (Lipinski definition) is 2. The van der Waals surface area contributed by atoms with E-state index < -0.39 is 24.4 Å². The Morgan fingerprint density at radius 2 is 1.81 bits per heavy atom. The molecule has 0 saturated carbocycles. The van der Waals surface area contributed by atoms with Crippen LogP contribution in [0.25, 0.3) is 0 Å². The van der Waals surface area contributed by atoms with Crippen LogP contribution >= 0.6 is 11.8 Å². The summed E-state index contributed by atoms with van der Waals surface area (Å²) in [6.45, 7) is 3.45. The molecule has 26 heavy (non-hydrogen) atoms. The summed E-state index contributed by atoms with van der Waals surface area (Å²) in [5, 5.41) is 2.67. The van der Waals surface area contributed by atoms with E-state index in [1.165, 1.54) is 11.8 Å². The smallest absolute Gasteiger partial charge is 0.338 e. The molecule has 136 valence electrons. The molecular formula is C19H20N2O4S. The highest BCUT2D eigenvalue weighted by Crippen LogP contribution is 2.26. The van der Waals surface area contributed by atoms with Gasteiger partial charge in [-0.3, -0.25) is 9.59 Å². The summed E-state index contributed by atoms with van der Waals surface area (Å²) in [6.07, 6.45) is 0. The van der Waals surface area contributed by atoms with E-state index in [-0.39, 0.29) is 5.75 Å². The summed E-state index contributed by atoms with van der Waals surface area (Å²) in [5.41, 5.74) is 8.13. The largest absolute Gasteiger partial charge is 0.452 e. The van der Waals surface area contributed by atoms with Crippen molar-refractivity contribution in [3.8, 4) is 0 Å². The highest BCUT2D eigenvalue weighted by Gasteiger charge is 2.13. The maximum atomic E-state index is 12.1. The van der Waals surface area contributed by atoms with Crippen molar-refractivity contribution in [3.05, 3.63) is 59.2 Å². The molecule has 2 aromatic rings. The molecule has 0 bridgehead atoms. The minimum atomic E-state index is -0.556. The first-order valence-electron chi connectivity index (χ1n) is 7.91. The number of amides is 2. The van der Waals surface area contributed by atoms with E-state index >= 15 is 0 Å². The van der Waals surface area contributed by atoms with E-state index in [1.54, 1.807) is 36.4 Å². The number of carbonyl (C=O) groups is 3. The molecule has 0 unspecified atom stereocenters. The lowest BCUT2D eigenvalue weighted by molar-refractivity contribution is -0.119. The van der Waals surface area contributed by atoms with Crippen LogP contribution in [0.4, 0.5) is 5.69 Å². The zero-order valence-corrected chi connectivity index (χ0v) is 15.4. The third-order valence-electron chi connectivity index (χ3n) is 3.61. The van der Waals surface area contributed by atoms with E-state index in [1.807, 2.05) is 19.9 Å². The van der Waals surface area contributed by atoms with Gasteiger partial charge in [0.1, 0.15) is 0 Å². The third kappa shape index (κ3) is 5.63. The van der Waals surface area contributed by atoms with Crippen molar-refractivity contribution in [3.63, 3.8) is 0 Å². The molecule has 0 radical (unpaired) electrons. The first-order valence-corrected chi connectivity index (χ1v) is 8.89. The molecule has 0 spiro atoms. The third-order valence-corrected chi connectivity index (χ3v) is 4.70. The average molecular weight is 372 g/mol. The fourth-order valence-electron chi connectivity index (χ4n) is 2.11. The first-order chi connectivity index (χ1) is 12.4. The van der Waals surface area contributed by atoms with Crippen LogP contribution in [-0.4, -0.2) is 30.1 Å². The predicted molar refractivity (Wildman–Crippen MR) is 101 cm³/mol. The molecule has 3 N–H and O–H groups in total. The Kier molecular flexibility index (Phi) is 6.80. The number of aryl methyl sites for hydroxylation is 2. The molecule has 0 heterocycles. The van der Waals surface area contributed by atoms with Crippen LogP contribution in [0.1, 0.15) is 21.5 Å². The summed E-state index contributed by atoms with van der Waals surface area (Å²) < 4.78 is 5.06. The van der Waals surface area contributed by atoms with Crippen LogP contribution in [-0.2, 0) is 14.3 Å². The zero-order valence-electron chi connectivity index (χ0n) is 14.6. The van der Waals surface area contributed by atoms with Gasteiger partial charge < -0.3 is 15.8 Å². The van der Waals surface area contributed by atoms with E-state index in [2.05, 4.69) is 5.32 Å². The minimum absolute atomic E-state index is 0.106. The second-order valence-electron chi connectivity index (χ2n) is 5.67. The molecule has 2 amide bonds. The van der Waals surface area contributed by atoms with Gasteiger partial charge in [0.25, 0.3) is 5.91 Å². The first kappa shape index (κ1) is 19.5. The minimum Gasteiger partial charge on any atom is -0.452 e. The van der Waals surface area contributed by atoms with Crippen molar-refractivity contribution in [1.82, 2.24) is 0 Å². The number of carbonyl (C=O) groups excluding carboxylic acids is 3. The highest BCUT2D eigenvalue weighted by molar-refractivity contribution is 8.00. The fraction of sp³-hybridized carbons (Fsp3) is 0.211. The number of hydrogen-bond acceptors (Lipinski definition) is 5. The molecule has 0 aromatic heterocycles. The van der Waals surface area contributed by atoms with Crippen molar-refractivity contribution < 1.29 is 19.1 Å². The van der Waals surface area contributed by atoms with Crippen molar-refractivity contribution in [2.24, 2.45) is 5.73 Å². The van der Waals surface area contributed by atoms with Gasteiger partial charge in [-0.15, -0.1) is 11.8 Å². The molecule has 0 aliphatic carbocycles. The standard InChI is InChI=1S/C19H20N2O4S/c1-12-7-8-14(9-13(12)2)19(24)25-10-18(23)21-15-5-3-4-6-16(15)26-11-17(20)22/h3-9H,10-11H2,1-2H3,(H2,20,22)(H,21,23). The number of primary amides is 1. The Hall–Kier alpha value is -2.80. The van der Waals surface area contributed by atoms with Gasteiger partial charge in [0.2, 0.25) is 5.91 Å². The van der Waals surface area contributed by atoms with Crippen molar-refractivity contribution in [2.45, 2.75) is 18.7 Å². The average Bonchev–Trinajstić information content (AvgIpc) is 2.61. The monoisotopic (exact) mass is 372 g/mol. The molecule has 0 fully saturated rings. The lowest BCUT2D eigenvalue weighted by Gasteiger charge is -2.11. The Morgan fingerprint density at radius 1 is 1.08 bits per heavy atom. The number of thioether (sulfide) groups is 1. The van der Waals surface area contributed by atoms with Crippen LogP contribution < -0.4 is 11.1 Å². The molecule has 2 rings (SSSR count). The topological polar surface area (TPSA) is 98.5 Å². The quantitative estimate of drug-likeness (QED) is 0.575. The Labute approximate surface area is 156 Å². The van der Waals surface area contributed by atoms with Gasteiger partial charge in [-0.25, -0.2) is 4.79 Å². The summed E-state index contributed by atoms with van der Waals surface area (Å²) in [7, 11) is 0. The summed E-state index contributed by atoms with van der Waals surface area (Å²) in [4.78, 5) is 35.8. The zero-order chi connectivity index (χ0) is 19.1. The molecular weight excluding hydrogens is 352 g/mol. The molecule has 2 aromatic carbocycles. The summed E-state index contributed by atoms with van der Waals surface area (Å²) in [6, 6.07) is 12.2. The number of para-hydroxylation sites is 1. The molecule has 0 atom stereocenters. The number of esters is 1. The van der Waals surface area contributed by atoms with Gasteiger partial charge in [-0.1, -0.05) is 18.2 Å². The molecule has 0 aliphatic heterocycles. The number of anilines is 1. The second kappa shape index (κ2) is 9.05. The van der Waals surface area contributed by atoms with Crippen molar-refractivity contribution >= 4 is 35.2 Å². The van der Waals surface area contributed by atoms with E-state index in [0.717, 1.165) is 11.1 Å². The Morgan fingerprint density at radius 3 is 2.50 bits per heavy atom. The van der Waals surface area contributed by atoms with Gasteiger partial charge in [-0.2, -0.15) is 0 Å². The molecule has 0 saturated heterocycles. The number of nitrogens with one attached hydrogen (secondary N) is 1. The van der Waals surface area contributed by atoms with Crippen molar-refractivity contribution in [1.29, 1.82) is 0 Å². The van der Waals surface area contributed by atoms with E-state index in [9.17, 15) is 14.4 Å². The van der Waals surface area contributed by atoms with Crippen LogP contribution in [0.5, 0.6) is 0 Å². The van der Waals surface area contributed by atoms with Crippen LogP contribution in [0.2, 0.25) is 0 Å². The second-order valence-corrected chi connectivity index (χ2v) is 6.69. The van der Waals surface area contributed by atoms with Crippen LogP contribution in [0.15, 0.2) is 47.4 Å². The fourth-order valence-corrected chi connectivity index (χ4v) is 2.86. The van der Waals surface area contributed by atoms with Gasteiger partial charge in [-0.05, 0) is 49.2 Å². The number of rotatable bonds is 7. The van der Waals surface area contributed by atoms with Crippen LogP contribution in [0, 0.1) is 13.8 Å². The van der Waals surface area contributed by atoms with Gasteiger partial charge in [0, 0.05) is 4.90 Å². The lowest BCUT2D eigenvalue weighted by Crippen LogP contribution is -2.21. The highest BCUT2D eigenvalue weighted by atomic mass is 32.2. The maximum Gasteiger partial charge on any atom is 0.338 e. The number of ether oxygens (including phenoxy) is 1. The summed E-state index contributed by atoms with van der Waals surface area (Å²) in [5.74, 6) is -1.36. The summed E-state index contributed by atoms with van der Waals surface area (Å²) >= 11 is 1.22. The lowest BCUT2D eigenvalue weighted by atomic mass is 10.1. The van der Waals surface area contributed by atoms with Crippen molar-refractivity contribution in [2.75, 3.05) is 17.7 Å². The number of nitrogens with two attached hydrogens (primary N) is 1.